The first-order valence-corrected chi connectivity index (χ1v) is 7.64. The number of ether oxygens (including phenoxy) is 1. The number of hydrogen-bond donors (Lipinski definition) is 2. The molecule has 0 aromatic rings. The number of aliphatic imine (C=N–C) groups is 1. The Kier molecular flexibility index (Phi) is 8.84. The van der Waals surface area contributed by atoms with Crippen LogP contribution in [0.1, 0.15) is 12.8 Å². The van der Waals surface area contributed by atoms with Gasteiger partial charge in [0.05, 0.1) is 6.10 Å². The normalized spacial score (nSPS) is 28.2. The van der Waals surface area contributed by atoms with Crippen LogP contribution >= 0.6 is 24.0 Å². The first-order valence-electron chi connectivity index (χ1n) is 7.64. The minimum Gasteiger partial charge on any atom is -0.376 e. The van der Waals surface area contributed by atoms with Gasteiger partial charge in [-0.2, -0.15) is 0 Å². The number of rotatable bonds is 4. The Morgan fingerprint density at radius 3 is 2.67 bits per heavy atom. The fourth-order valence-electron chi connectivity index (χ4n) is 2.77. The van der Waals surface area contributed by atoms with E-state index in [0.29, 0.717) is 12.1 Å². The fourth-order valence-corrected chi connectivity index (χ4v) is 2.77. The third-order valence-electron chi connectivity index (χ3n) is 4.23. The van der Waals surface area contributed by atoms with Crippen molar-refractivity contribution in [2.45, 2.75) is 25.0 Å². The minimum absolute atomic E-state index is 0. The summed E-state index contributed by atoms with van der Waals surface area (Å²) in [5.74, 6) is 0.877. The maximum atomic E-state index is 5.61. The largest absolute Gasteiger partial charge is 0.376 e. The maximum absolute atomic E-state index is 5.61. The molecule has 6 nitrogen and oxygen atoms in total. The predicted octanol–water partition coefficient (Wildman–Crippen LogP) is 0.194. The zero-order valence-electron chi connectivity index (χ0n) is 13.5. The highest BCUT2D eigenvalue weighted by Gasteiger charge is 2.22. The summed E-state index contributed by atoms with van der Waals surface area (Å²) in [7, 11) is 6.20. The van der Waals surface area contributed by atoms with Crippen LogP contribution in [-0.2, 0) is 4.74 Å². The number of guanidine groups is 1. The van der Waals surface area contributed by atoms with Crippen molar-refractivity contribution in [2.75, 3.05) is 60.5 Å². The van der Waals surface area contributed by atoms with Gasteiger partial charge in [-0.15, -0.1) is 24.0 Å². The molecule has 0 aliphatic carbocycles. The van der Waals surface area contributed by atoms with E-state index in [2.05, 4.69) is 39.5 Å². The van der Waals surface area contributed by atoms with E-state index >= 15 is 0 Å². The summed E-state index contributed by atoms with van der Waals surface area (Å²) < 4.78 is 5.61. The van der Waals surface area contributed by atoms with Gasteiger partial charge < -0.3 is 20.3 Å². The van der Waals surface area contributed by atoms with Crippen LogP contribution in [-0.4, -0.2) is 88.4 Å². The molecule has 124 valence electrons. The second kappa shape index (κ2) is 9.81. The summed E-state index contributed by atoms with van der Waals surface area (Å²) in [4.78, 5) is 9.09. The van der Waals surface area contributed by atoms with Crippen molar-refractivity contribution in [1.29, 1.82) is 0 Å². The molecule has 2 aliphatic heterocycles. The van der Waals surface area contributed by atoms with Gasteiger partial charge >= 0.3 is 0 Å². The molecule has 0 aromatic carbocycles. The molecular weight excluding hydrogens is 381 g/mol. The lowest BCUT2D eigenvalue weighted by Gasteiger charge is -2.38. The zero-order chi connectivity index (χ0) is 14.4. The van der Waals surface area contributed by atoms with Crippen LogP contribution in [0.4, 0.5) is 0 Å². The molecule has 0 radical (unpaired) electrons. The number of hydrogen-bond acceptors (Lipinski definition) is 4. The number of likely N-dealkylation sites (N-methyl/N-ethyl adjacent to an activating group) is 2. The topological polar surface area (TPSA) is 52.1 Å². The summed E-state index contributed by atoms with van der Waals surface area (Å²) in [5.41, 5.74) is 0. The quantitative estimate of drug-likeness (QED) is 0.393. The van der Waals surface area contributed by atoms with Gasteiger partial charge in [0.25, 0.3) is 0 Å². The van der Waals surface area contributed by atoms with Crippen molar-refractivity contribution >= 4 is 29.9 Å². The van der Waals surface area contributed by atoms with Crippen molar-refractivity contribution in [3.8, 4) is 0 Å². The second-order valence-electron chi connectivity index (χ2n) is 5.87. The van der Waals surface area contributed by atoms with Gasteiger partial charge in [0.15, 0.2) is 5.96 Å². The summed E-state index contributed by atoms with van der Waals surface area (Å²) in [6, 6.07) is 0.537. The Bertz CT molecular complexity index is 322. The Morgan fingerprint density at radius 1 is 1.24 bits per heavy atom. The lowest BCUT2D eigenvalue weighted by Crippen LogP contribution is -2.55. The highest BCUT2D eigenvalue weighted by Crippen LogP contribution is 2.10. The average molecular weight is 411 g/mol. The van der Waals surface area contributed by atoms with Gasteiger partial charge in [0.1, 0.15) is 0 Å². The molecule has 0 aromatic heterocycles. The van der Waals surface area contributed by atoms with Crippen molar-refractivity contribution in [3.63, 3.8) is 0 Å². The molecule has 0 spiro atoms. The summed E-state index contributed by atoms with van der Waals surface area (Å²) in [6.45, 7) is 6.06. The molecule has 2 saturated heterocycles. The Balaban J connectivity index is 0.00000220. The van der Waals surface area contributed by atoms with E-state index in [1.807, 2.05) is 7.05 Å². The molecule has 0 bridgehead atoms. The molecule has 2 fully saturated rings. The summed E-state index contributed by atoms with van der Waals surface area (Å²) in [5, 5.41) is 6.79. The molecule has 2 atom stereocenters. The second-order valence-corrected chi connectivity index (χ2v) is 5.87. The third kappa shape index (κ3) is 6.25. The third-order valence-corrected chi connectivity index (χ3v) is 4.23. The van der Waals surface area contributed by atoms with Crippen LogP contribution in [0.15, 0.2) is 4.99 Å². The first kappa shape index (κ1) is 18.9. The molecule has 0 amide bonds. The molecule has 2 aliphatic rings. The van der Waals surface area contributed by atoms with Gasteiger partial charge in [0.2, 0.25) is 0 Å². The number of piperazine rings is 1. The van der Waals surface area contributed by atoms with Crippen LogP contribution in [0.2, 0.25) is 0 Å². The molecule has 0 saturated carbocycles. The summed E-state index contributed by atoms with van der Waals surface area (Å²) in [6.07, 6.45) is 2.68. The SMILES string of the molecule is CN=C(NCC1CCCO1)NCC1CN(C)CCN1C.I. The molecule has 2 heterocycles. The van der Waals surface area contributed by atoms with Gasteiger partial charge in [0, 0.05) is 52.4 Å². The van der Waals surface area contributed by atoms with E-state index in [9.17, 15) is 0 Å². The van der Waals surface area contributed by atoms with E-state index in [-0.39, 0.29) is 24.0 Å². The molecule has 2 rings (SSSR count). The van der Waals surface area contributed by atoms with Gasteiger partial charge in [-0.05, 0) is 26.9 Å². The van der Waals surface area contributed by atoms with Gasteiger partial charge in [-0.1, -0.05) is 0 Å². The maximum Gasteiger partial charge on any atom is 0.191 e. The highest BCUT2D eigenvalue weighted by molar-refractivity contribution is 14.0. The first-order chi connectivity index (χ1) is 9.69. The van der Waals surface area contributed by atoms with Crippen LogP contribution in [0.25, 0.3) is 0 Å². The molecule has 21 heavy (non-hydrogen) atoms. The van der Waals surface area contributed by atoms with Crippen molar-refractivity contribution in [3.05, 3.63) is 0 Å². The van der Waals surface area contributed by atoms with E-state index in [1.165, 1.54) is 6.42 Å². The zero-order valence-corrected chi connectivity index (χ0v) is 15.8. The van der Waals surface area contributed by atoms with Gasteiger partial charge in [-0.25, -0.2) is 0 Å². The van der Waals surface area contributed by atoms with Crippen LogP contribution in [0.3, 0.4) is 0 Å². The highest BCUT2D eigenvalue weighted by atomic mass is 127. The van der Waals surface area contributed by atoms with Crippen molar-refractivity contribution < 1.29 is 4.74 Å². The van der Waals surface area contributed by atoms with Crippen molar-refractivity contribution in [1.82, 2.24) is 20.4 Å². The molecule has 2 unspecified atom stereocenters. The van der Waals surface area contributed by atoms with E-state index in [0.717, 1.165) is 51.7 Å². The molecule has 7 heteroatoms. The fraction of sp³-hybridized carbons (Fsp3) is 0.929. The van der Waals surface area contributed by atoms with Crippen LogP contribution < -0.4 is 10.6 Å². The minimum atomic E-state index is 0. The van der Waals surface area contributed by atoms with Crippen molar-refractivity contribution in [2.24, 2.45) is 4.99 Å². The lowest BCUT2D eigenvalue weighted by atomic mass is 10.2. The monoisotopic (exact) mass is 411 g/mol. The number of halogens is 1. The molecule has 2 N–H and O–H groups in total. The summed E-state index contributed by atoms with van der Waals surface area (Å²) >= 11 is 0. The van der Waals surface area contributed by atoms with E-state index in [1.54, 1.807) is 0 Å². The predicted molar refractivity (Wildman–Crippen MR) is 97.7 cm³/mol. The Labute approximate surface area is 145 Å². The van der Waals surface area contributed by atoms with E-state index in [4.69, 9.17) is 4.74 Å². The van der Waals surface area contributed by atoms with Gasteiger partial charge in [-0.3, -0.25) is 9.89 Å². The van der Waals surface area contributed by atoms with E-state index < -0.39 is 0 Å². The Hall–Kier alpha value is -0.120. The standard InChI is InChI=1S/C14H29N5O.HI/c1-15-14(17-10-13-5-4-8-20-13)16-9-12-11-18(2)6-7-19(12)3;/h12-13H,4-11H2,1-3H3,(H2,15,16,17);1H. The Morgan fingerprint density at radius 2 is 2.00 bits per heavy atom. The van der Waals surface area contributed by atoms with Crippen LogP contribution in [0, 0.1) is 0 Å². The smallest absolute Gasteiger partial charge is 0.191 e. The average Bonchev–Trinajstić information content (AvgIpc) is 2.96. The molecular formula is C14H30IN5O. The number of nitrogens with one attached hydrogen (secondary N) is 2. The lowest BCUT2D eigenvalue weighted by molar-refractivity contribution is 0.112. The van der Waals surface area contributed by atoms with Crippen LogP contribution in [0.5, 0.6) is 0 Å². The number of nitrogens with zero attached hydrogens (tertiary/aromatic N) is 3.